The second-order valence-electron chi connectivity index (χ2n) is 5.92. The lowest BCUT2D eigenvalue weighted by atomic mass is 9.83. The van der Waals surface area contributed by atoms with E-state index in [1.165, 1.54) is 0 Å². The Morgan fingerprint density at radius 2 is 2.25 bits per heavy atom. The number of halogens is 1. The first kappa shape index (κ1) is 20.8. The molecule has 0 spiro atoms. The maximum Gasteiger partial charge on any atom is 0.223 e. The number of aromatic nitrogens is 3. The fourth-order valence-corrected chi connectivity index (χ4v) is 3.00. The number of hydrogen-bond donors (Lipinski definition) is 2. The molecule has 9 heteroatoms. The summed E-state index contributed by atoms with van der Waals surface area (Å²) >= 11 is 0. The Morgan fingerprint density at radius 1 is 1.46 bits per heavy atom. The minimum Gasteiger partial charge on any atom is -0.383 e. The Morgan fingerprint density at radius 3 is 2.92 bits per heavy atom. The van der Waals surface area contributed by atoms with Crippen LogP contribution in [0.25, 0.3) is 0 Å². The third-order valence-electron chi connectivity index (χ3n) is 4.39. The summed E-state index contributed by atoms with van der Waals surface area (Å²) in [7, 11) is 3.33. The molecule has 1 aromatic heterocycles. The summed E-state index contributed by atoms with van der Waals surface area (Å²) < 4.78 is 12.3. The number of nitrogens with two attached hydrogens (primary N) is 1. The highest BCUT2D eigenvalue weighted by molar-refractivity contribution is 5.85. The summed E-state index contributed by atoms with van der Waals surface area (Å²) in [5.41, 5.74) is 6.05. The number of carbonyl (C=O) groups is 1. The van der Waals surface area contributed by atoms with Crippen molar-refractivity contribution < 1.29 is 14.3 Å². The third-order valence-corrected chi connectivity index (χ3v) is 4.39. The molecule has 3 atom stereocenters. The lowest BCUT2D eigenvalue weighted by Crippen LogP contribution is -2.45. The number of ether oxygens (including phenoxy) is 2. The van der Waals surface area contributed by atoms with Gasteiger partial charge >= 0.3 is 0 Å². The number of rotatable bonds is 8. The highest BCUT2D eigenvalue weighted by Crippen LogP contribution is 2.25. The molecule has 0 aliphatic heterocycles. The fraction of sp³-hybridized carbons (Fsp3) is 0.800. The number of nitrogens with zero attached hydrogens (tertiary/aromatic N) is 3. The molecule has 0 bridgehead atoms. The minimum atomic E-state index is -0.0679. The zero-order valence-electron chi connectivity index (χ0n) is 14.3. The van der Waals surface area contributed by atoms with Gasteiger partial charge in [0.1, 0.15) is 12.2 Å². The molecule has 24 heavy (non-hydrogen) atoms. The van der Waals surface area contributed by atoms with Crippen molar-refractivity contribution in [2.24, 2.45) is 11.7 Å². The molecule has 0 unspecified atom stereocenters. The van der Waals surface area contributed by atoms with E-state index in [0.717, 1.165) is 18.7 Å². The number of carbonyl (C=O) groups excluding carboxylic acids is 1. The normalized spacial score (nSPS) is 23.5. The van der Waals surface area contributed by atoms with E-state index in [1.54, 1.807) is 20.5 Å². The zero-order chi connectivity index (χ0) is 16.7. The van der Waals surface area contributed by atoms with Gasteiger partial charge in [0.15, 0.2) is 0 Å². The molecule has 1 saturated carbocycles. The summed E-state index contributed by atoms with van der Waals surface area (Å²) in [5.74, 6) is 0.892. The van der Waals surface area contributed by atoms with Crippen LogP contribution in [0, 0.1) is 5.92 Å². The summed E-state index contributed by atoms with van der Waals surface area (Å²) in [6, 6.07) is -0.0679. The molecule has 0 saturated heterocycles. The standard InChI is InChI=1S/C15H27N5O3.ClH/c1-22-8-7-20-10-18-19-14(20)5-6-17-15(21)11-3-4-13(23-2)12(16)9-11;/h10-13H,3-9,16H2,1-2H3,(H,17,21);1H/t11-,12+,13+;/m0./s1. The van der Waals surface area contributed by atoms with Gasteiger partial charge < -0.3 is 25.1 Å². The Hall–Kier alpha value is -1.22. The number of nitrogens with one attached hydrogen (secondary N) is 1. The van der Waals surface area contributed by atoms with Crippen LogP contribution in [0.2, 0.25) is 0 Å². The van der Waals surface area contributed by atoms with Crippen molar-refractivity contribution in [3.63, 3.8) is 0 Å². The first-order valence-corrected chi connectivity index (χ1v) is 8.07. The molecular formula is C15H28ClN5O3. The van der Waals surface area contributed by atoms with Gasteiger partial charge in [0.25, 0.3) is 0 Å². The Balaban J connectivity index is 0.00000288. The molecule has 1 aliphatic carbocycles. The van der Waals surface area contributed by atoms with Crippen LogP contribution in [0.3, 0.4) is 0 Å². The van der Waals surface area contributed by atoms with Gasteiger partial charge in [-0.2, -0.15) is 0 Å². The van der Waals surface area contributed by atoms with E-state index in [-0.39, 0.29) is 36.4 Å². The van der Waals surface area contributed by atoms with E-state index in [4.69, 9.17) is 15.2 Å². The van der Waals surface area contributed by atoms with Crippen molar-refractivity contribution in [3.05, 3.63) is 12.2 Å². The van der Waals surface area contributed by atoms with E-state index in [1.807, 2.05) is 4.57 Å². The Labute approximate surface area is 148 Å². The molecular weight excluding hydrogens is 334 g/mol. The predicted octanol–water partition coefficient (Wildman–Crippen LogP) is 0.147. The Kier molecular flexibility index (Phi) is 9.20. The monoisotopic (exact) mass is 361 g/mol. The predicted molar refractivity (Wildman–Crippen MR) is 92.0 cm³/mol. The average molecular weight is 362 g/mol. The average Bonchev–Trinajstić information content (AvgIpc) is 3.00. The second-order valence-corrected chi connectivity index (χ2v) is 5.92. The summed E-state index contributed by atoms with van der Waals surface area (Å²) in [6.45, 7) is 1.87. The molecule has 1 aliphatic rings. The highest BCUT2D eigenvalue weighted by Gasteiger charge is 2.31. The number of amides is 1. The van der Waals surface area contributed by atoms with Crippen molar-refractivity contribution in [1.29, 1.82) is 0 Å². The maximum atomic E-state index is 12.3. The van der Waals surface area contributed by atoms with Gasteiger partial charge in [-0.3, -0.25) is 4.79 Å². The smallest absolute Gasteiger partial charge is 0.223 e. The fourth-order valence-electron chi connectivity index (χ4n) is 3.00. The first-order chi connectivity index (χ1) is 11.2. The maximum absolute atomic E-state index is 12.3. The van der Waals surface area contributed by atoms with Crippen molar-refractivity contribution in [2.45, 2.75) is 44.4 Å². The van der Waals surface area contributed by atoms with Crippen molar-refractivity contribution >= 4 is 18.3 Å². The van der Waals surface area contributed by atoms with Crippen LogP contribution in [-0.4, -0.2) is 60.2 Å². The Bertz CT molecular complexity index is 499. The molecule has 8 nitrogen and oxygen atoms in total. The molecule has 1 heterocycles. The summed E-state index contributed by atoms with van der Waals surface area (Å²) in [6.07, 6.45) is 4.73. The van der Waals surface area contributed by atoms with Crippen molar-refractivity contribution in [3.8, 4) is 0 Å². The molecule has 1 aromatic rings. The first-order valence-electron chi connectivity index (χ1n) is 8.07. The molecule has 0 aromatic carbocycles. The van der Waals surface area contributed by atoms with E-state index >= 15 is 0 Å². The van der Waals surface area contributed by atoms with Gasteiger partial charge in [0.05, 0.1) is 12.7 Å². The molecule has 2 rings (SSSR count). The molecule has 1 amide bonds. The van der Waals surface area contributed by atoms with Crippen molar-refractivity contribution in [2.75, 3.05) is 27.4 Å². The largest absolute Gasteiger partial charge is 0.383 e. The van der Waals surface area contributed by atoms with Gasteiger partial charge in [-0.25, -0.2) is 0 Å². The van der Waals surface area contributed by atoms with Gasteiger partial charge in [0.2, 0.25) is 5.91 Å². The van der Waals surface area contributed by atoms with Crippen molar-refractivity contribution in [1.82, 2.24) is 20.1 Å². The number of methoxy groups -OCH3 is 2. The van der Waals surface area contributed by atoms with E-state index in [2.05, 4.69) is 15.5 Å². The topological polar surface area (TPSA) is 104 Å². The van der Waals surface area contributed by atoms with Gasteiger partial charge in [-0.1, -0.05) is 0 Å². The molecule has 0 radical (unpaired) electrons. The molecule has 1 fully saturated rings. The van der Waals surface area contributed by atoms with Crippen LogP contribution < -0.4 is 11.1 Å². The SMILES string of the molecule is COCCn1cnnc1CCNC(=O)[C@H]1CC[C@@H](OC)[C@H](N)C1.Cl. The third kappa shape index (κ3) is 5.70. The highest BCUT2D eigenvalue weighted by atomic mass is 35.5. The summed E-state index contributed by atoms with van der Waals surface area (Å²) in [4.78, 5) is 12.3. The van der Waals surface area contributed by atoms with Gasteiger partial charge in [-0.05, 0) is 19.3 Å². The van der Waals surface area contributed by atoms with Crippen LogP contribution >= 0.6 is 12.4 Å². The van der Waals surface area contributed by atoms with Gasteiger partial charge in [0, 0.05) is 45.7 Å². The zero-order valence-corrected chi connectivity index (χ0v) is 15.1. The van der Waals surface area contributed by atoms with Crippen LogP contribution in [0.1, 0.15) is 25.1 Å². The lowest BCUT2D eigenvalue weighted by molar-refractivity contribution is -0.127. The van der Waals surface area contributed by atoms with Crippen LogP contribution in [0.4, 0.5) is 0 Å². The van der Waals surface area contributed by atoms with E-state index < -0.39 is 0 Å². The molecule has 138 valence electrons. The van der Waals surface area contributed by atoms with Gasteiger partial charge in [-0.15, -0.1) is 22.6 Å². The summed E-state index contributed by atoms with van der Waals surface area (Å²) in [5, 5.41) is 11.0. The van der Waals surface area contributed by atoms with Crippen LogP contribution in [0.5, 0.6) is 0 Å². The second kappa shape index (κ2) is 10.6. The van der Waals surface area contributed by atoms with Crippen LogP contribution in [-0.2, 0) is 27.2 Å². The van der Waals surface area contributed by atoms with E-state index in [0.29, 0.717) is 32.5 Å². The van der Waals surface area contributed by atoms with E-state index in [9.17, 15) is 4.79 Å². The number of hydrogen-bond acceptors (Lipinski definition) is 6. The quantitative estimate of drug-likeness (QED) is 0.683. The minimum absolute atomic E-state index is 0. The lowest BCUT2D eigenvalue weighted by Gasteiger charge is -2.32. The molecule has 3 N–H and O–H groups in total. The van der Waals surface area contributed by atoms with Crippen LogP contribution in [0.15, 0.2) is 6.33 Å².